The van der Waals surface area contributed by atoms with E-state index in [0.717, 1.165) is 29.0 Å². The third kappa shape index (κ3) is 1.92. The van der Waals surface area contributed by atoms with Crippen molar-refractivity contribution in [1.29, 1.82) is 0 Å². The summed E-state index contributed by atoms with van der Waals surface area (Å²) in [5.41, 5.74) is 2.96. The van der Waals surface area contributed by atoms with Crippen LogP contribution in [0.3, 0.4) is 0 Å². The van der Waals surface area contributed by atoms with Gasteiger partial charge in [-0.3, -0.25) is 4.57 Å². The molecule has 0 radical (unpaired) electrons. The SMILES string of the molecule is ClCCc1nc2cccc(Cl)c2n1-c1ccsc1. The summed E-state index contributed by atoms with van der Waals surface area (Å²) in [7, 11) is 0. The molecule has 0 fully saturated rings. The highest BCUT2D eigenvalue weighted by Crippen LogP contribution is 2.29. The second-order valence-corrected chi connectivity index (χ2v) is 5.46. The molecule has 0 saturated carbocycles. The van der Waals surface area contributed by atoms with Crippen LogP contribution in [0.1, 0.15) is 5.82 Å². The van der Waals surface area contributed by atoms with E-state index in [1.54, 1.807) is 11.3 Å². The third-order valence-electron chi connectivity index (χ3n) is 2.78. The molecule has 0 bridgehead atoms. The van der Waals surface area contributed by atoms with E-state index in [4.69, 9.17) is 23.2 Å². The van der Waals surface area contributed by atoms with Crippen LogP contribution in [0.25, 0.3) is 16.7 Å². The molecule has 3 rings (SSSR count). The van der Waals surface area contributed by atoms with Crippen molar-refractivity contribution in [3.8, 4) is 5.69 Å². The monoisotopic (exact) mass is 296 g/mol. The Hall–Kier alpha value is -1.03. The van der Waals surface area contributed by atoms with Crippen molar-refractivity contribution in [2.24, 2.45) is 0 Å². The number of imidazole rings is 1. The quantitative estimate of drug-likeness (QED) is 0.650. The van der Waals surface area contributed by atoms with Gasteiger partial charge in [0.25, 0.3) is 0 Å². The van der Waals surface area contributed by atoms with Gasteiger partial charge in [-0.1, -0.05) is 17.7 Å². The molecule has 0 unspecified atom stereocenters. The van der Waals surface area contributed by atoms with E-state index in [0.29, 0.717) is 10.9 Å². The van der Waals surface area contributed by atoms with Crippen LogP contribution >= 0.6 is 34.5 Å². The Morgan fingerprint density at radius 1 is 1.28 bits per heavy atom. The Labute approximate surface area is 119 Å². The van der Waals surface area contributed by atoms with Crippen molar-refractivity contribution in [3.05, 3.63) is 45.9 Å². The molecule has 92 valence electrons. The van der Waals surface area contributed by atoms with Gasteiger partial charge in [-0.25, -0.2) is 4.98 Å². The standard InChI is InChI=1S/C13H10Cl2N2S/c14-6-4-12-16-11-3-1-2-10(15)13(11)17(12)9-5-7-18-8-9/h1-3,5,7-8H,4,6H2. The van der Waals surface area contributed by atoms with E-state index >= 15 is 0 Å². The number of para-hydroxylation sites is 1. The van der Waals surface area contributed by atoms with Gasteiger partial charge in [0, 0.05) is 17.7 Å². The van der Waals surface area contributed by atoms with Gasteiger partial charge in [0.05, 0.1) is 21.7 Å². The summed E-state index contributed by atoms with van der Waals surface area (Å²) in [6, 6.07) is 7.84. The van der Waals surface area contributed by atoms with Gasteiger partial charge in [0.15, 0.2) is 0 Å². The number of hydrogen-bond acceptors (Lipinski definition) is 2. The van der Waals surface area contributed by atoms with Gasteiger partial charge in [-0.15, -0.1) is 11.6 Å². The summed E-state index contributed by atoms with van der Waals surface area (Å²) in [4.78, 5) is 4.62. The molecule has 18 heavy (non-hydrogen) atoms. The van der Waals surface area contributed by atoms with Crippen molar-refractivity contribution in [2.45, 2.75) is 6.42 Å². The molecule has 0 saturated heterocycles. The Morgan fingerprint density at radius 3 is 2.89 bits per heavy atom. The number of fused-ring (bicyclic) bond motifs is 1. The second kappa shape index (κ2) is 4.92. The number of aryl methyl sites for hydroxylation is 1. The van der Waals surface area contributed by atoms with Crippen LogP contribution in [0.5, 0.6) is 0 Å². The summed E-state index contributed by atoms with van der Waals surface area (Å²) in [6.07, 6.45) is 0.725. The molecular weight excluding hydrogens is 287 g/mol. The fourth-order valence-electron chi connectivity index (χ4n) is 2.05. The minimum absolute atomic E-state index is 0.547. The topological polar surface area (TPSA) is 17.8 Å². The highest BCUT2D eigenvalue weighted by Gasteiger charge is 2.14. The highest BCUT2D eigenvalue weighted by atomic mass is 35.5. The molecule has 2 nitrogen and oxygen atoms in total. The van der Waals surface area contributed by atoms with Crippen LogP contribution in [-0.2, 0) is 6.42 Å². The smallest absolute Gasteiger partial charge is 0.115 e. The third-order valence-corrected chi connectivity index (χ3v) is 3.94. The molecule has 0 atom stereocenters. The van der Waals surface area contributed by atoms with E-state index in [2.05, 4.69) is 21.0 Å². The molecule has 0 aliphatic rings. The fourth-order valence-corrected chi connectivity index (χ4v) is 3.09. The molecule has 0 spiro atoms. The predicted molar refractivity (Wildman–Crippen MR) is 78.4 cm³/mol. The van der Waals surface area contributed by atoms with Crippen molar-refractivity contribution in [2.75, 3.05) is 5.88 Å². The van der Waals surface area contributed by atoms with Gasteiger partial charge in [-0.05, 0) is 23.6 Å². The largest absolute Gasteiger partial charge is 0.294 e. The normalized spacial score (nSPS) is 11.2. The molecule has 5 heteroatoms. The lowest BCUT2D eigenvalue weighted by molar-refractivity contribution is 0.915. The van der Waals surface area contributed by atoms with Crippen LogP contribution < -0.4 is 0 Å². The average Bonchev–Trinajstić information content (AvgIpc) is 2.96. The van der Waals surface area contributed by atoms with Crippen LogP contribution in [0.15, 0.2) is 35.0 Å². The molecule has 2 heterocycles. The summed E-state index contributed by atoms with van der Waals surface area (Å²) in [6.45, 7) is 0. The Balaban J connectivity index is 2.34. The van der Waals surface area contributed by atoms with Crippen LogP contribution in [0.2, 0.25) is 5.02 Å². The summed E-state index contributed by atoms with van der Waals surface area (Å²) < 4.78 is 2.09. The first-order valence-corrected chi connectivity index (χ1v) is 7.41. The number of alkyl halides is 1. The number of aromatic nitrogens is 2. The number of rotatable bonds is 3. The van der Waals surface area contributed by atoms with Crippen molar-refractivity contribution < 1.29 is 0 Å². The van der Waals surface area contributed by atoms with Crippen molar-refractivity contribution >= 4 is 45.6 Å². The highest BCUT2D eigenvalue weighted by molar-refractivity contribution is 7.08. The van der Waals surface area contributed by atoms with E-state index in [1.807, 2.05) is 23.6 Å². The van der Waals surface area contributed by atoms with E-state index in [-0.39, 0.29) is 0 Å². The molecular formula is C13H10Cl2N2S. The zero-order valence-corrected chi connectivity index (χ0v) is 11.8. The van der Waals surface area contributed by atoms with E-state index in [9.17, 15) is 0 Å². The molecule has 0 aliphatic carbocycles. The molecule has 0 amide bonds. The summed E-state index contributed by atoms with van der Waals surface area (Å²) in [5, 5.41) is 4.84. The Kier molecular flexibility index (Phi) is 3.29. The lowest BCUT2D eigenvalue weighted by atomic mass is 10.3. The average molecular weight is 297 g/mol. The van der Waals surface area contributed by atoms with Crippen molar-refractivity contribution in [3.63, 3.8) is 0 Å². The van der Waals surface area contributed by atoms with Crippen LogP contribution in [0.4, 0.5) is 0 Å². The van der Waals surface area contributed by atoms with Crippen LogP contribution in [0, 0.1) is 0 Å². The Morgan fingerprint density at radius 2 is 2.17 bits per heavy atom. The maximum Gasteiger partial charge on any atom is 0.115 e. The van der Waals surface area contributed by atoms with Crippen molar-refractivity contribution in [1.82, 2.24) is 9.55 Å². The second-order valence-electron chi connectivity index (χ2n) is 3.89. The maximum absolute atomic E-state index is 6.30. The molecule has 2 aromatic heterocycles. The molecule has 3 aromatic rings. The minimum atomic E-state index is 0.547. The number of thiophene rings is 1. The number of halogens is 2. The van der Waals surface area contributed by atoms with Gasteiger partial charge in [-0.2, -0.15) is 11.3 Å². The fraction of sp³-hybridized carbons (Fsp3) is 0.154. The summed E-state index contributed by atoms with van der Waals surface area (Å²) >= 11 is 13.8. The van der Waals surface area contributed by atoms with Gasteiger partial charge >= 0.3 is 0 Å². The first kappa shape index (κ1) is 12.0. The van der Waals surface area contributed by atoms with E-state index < -0.39 is 0 Å². The number of hydrogen-bond donors (Lipinski definition) is 0. The first-order chi connectivity index (χ1) is 8.81. The zero-order valence-electron chi connectivity index (χ0n) is 9.44. The molecule has 0 N–H and O–H groups in total. The van der Waals surface area contributed by atoms with Crippen LogP contribution in [-0.4, -0.2) is 15.4 Å². The lowest BCUT2D eigenvalue weighted by Gasteiger charge is -2.06. The van der Waals surface area contributed by atoms with Gasteiger partial charge in [0.2, 0.25) is 0 Å². The Bertz CT molecular complexity index is 674. The first-order valence-electron chi connectivity index (χ1n) is 5.55. The predicted octanol–water partition coefficient (Wildman–Crippen LogP) is 4.52. The van der Waals surface area contributed by atoms with Gasteiger partial charge in [0.1, 0.15) is 5.82 Å². The number of benzene rings is 1. The minimum Gasteiger partial charge on any atom is -0.294 e. The molecule has 1 aromatic carbocycles. The number of nitrogens with zero attached hydrogens (tertiary/aromatic N) is 2. The van der Waals surface area contributed by atoms with E-state index in [1.165, 1.54) is 0 Å². The summed E-state index contributed by atoms with van der Waals surface area (Å²) in [5.74, 6) is 1.50. The lowest BCUT2D eigenvalue weighted by Crippen LogP contribution is -2.01. The maximum atomic E-state index is 6.30. The molecule has 0 aliphatic heterocycles. The zero-order chi connectivity index (χ0) is 12.5. The van der Waals surface area contributed by atoms with Gasteiger partial charge < -0.3 is 0 Å².